The Morgan fingerprint density at radius 3 is 2.95 bits per heavy atom. The van der Waals surface area contributed by atoms with E-state index in [-0.39, 0.29) is 6.04 Å². The van der Waals surface area contributed by atoms with Gasteiger partial charge in [0, 0.05) is 44.1 Å². The van der Waals surface area contributed by atoms with Gasteiger partial charge in [-0.1, -0.05) is 6.92 Å². The number of hydrogen-bond donors (Lipinski definition) is 1. The third kappa shape index (κ3) is 2.55. The molecule has 3 heterocycles. The number of fused-ring (bicyclic) bond motifs is 1. The van der Waals surface area contributed by atoms with Gasteiger partial charge in [-0.15, -0.1) is 0 Å². The van der Waals surface area contributed by atoms with Crippen LogP contribution in [0.1, 0.15) is 30.4 Å². The van der Waals surface area contributed by atoms with Crippen LogP contribution in [0.5, 0.6) is 0 Å². The van der Waals surface area contributed by atoms with Gasteiger partial charge in [0.1, 0.15) is 11.6 Å². The molecule has 0 aliphatic carbocycles. The number of anilines is 1. The predicted octanol–water partition coefficient (Wildman–Crippen LogP) is 1.23. The molecule has 0 fully saturated rings. The minimum Gasteiger partial charge on any atom is -0.347 e. The second-order valence-electron chi connectivity index (χ2n) is 5.84. The molecule has 0 saturated heterocycles. The van der Waals surface area contributed by atoms with E-state index in [4.69, 9.17) is 5.73 Å². The average Bonchev–Trinajstić information content (AvgIpc) is 3.03. The molecule has 0 radical (unpaired) electrons. The zero-order chi connectivity index (χ0) is 15.0. The minimum atomic E-state index is 0.193. The first-order valence-electron chi connectivity index (χ1n) is 7.63. The molecule has 0 spiro atoms. The van der Waals surface area contributed by atoms with Crippen LogP contribution in [0.2, 0.25) is 0 Å². The Balaban J connectivity index is 1.91. The Kier molecular flexibility index (Phi) is 3.71. The van der Waals surface area contributed by atoms with Gasteiger partial charge in [-0.05, 0) is 19.8 Å². The van der Waals surface area contributed by atoms with E-state index in [1.165, 1.54) is 11.4 Å². The van der Waals surface area contributed by atoms with Crippen molar-refractivity contribution in [3.8, 4) is 0 Å². The molecule has 2 aromatic rings. The second-order valence-corrected chi connectivity index (χ2v) is 5.84. The van der Waals surface area contributed by atoms with Gasteiger partial charge in [0.05, 0.1) is 12.2 Å². The molecule has 1 unspecified atom stereocenters. The van der Waals surface area contributed by atoms with Crippen LogP contribution < -0.4 is 10.6 Å². The molecule has 3 rings (SSSR count). The number of imidazole rings is 1. The third-order valence-electron chi connectivity index (χ3n) is 4.35. The lowest BCUT2D eigenvalue weighted by Crippen LogP contribution is -2.36. The summed E-state index contributed by atoms with van der Waals surface area (Å²) in [6.07, 6.45) is 5.80. The van der Waals surface area contributed by atoms with Crippen molar-refractivity contribution in [2.24, 2.45) is 12.8 Å². The van der Waals surface area contributed by atoms with E-state index in [9.17, 15) is 0 Å². The number of nitrogens with zero attached hydrogens (tertiary/aromatic N) is 5. The average molecular weight is 288 g/mol. The van der Waals surface area contributed by atoms with Gasteiger partial charge in [0.15, 0.2) is 0 Å². The highest BCUT2D eigenvalue weighted by atomic mass is 15.4. The van der Waals surface area contributed by atoms with Crippen molar-refractivity contribution in [3.63, 3.8) is 0 Å². The molecule has 6 nitrogen and oxygen atoms in total. The van der Waals surface area contributed by atoms with E-state index < -0.39 is 0 Å². The molecular formula is C15H24N6. The Morgan fingerprint density at radius 1 is 1.38 bits per heavy atom. The SMILES string of the molecule is CCC(N)Cc1c(C)nn(C)c1N1CCn2ccnc2C1. The van der Waals surface area contributed by atoms with Crippen LogP contribution in [-0.2, 0) is 26.6 Å². The summed E-state index contributed by atoms with van der Waals surface area (Å²) < 4.78 is 4.21. The van der Waals surface area contributed by atoms with Crippen molar-refractivity contribution in [3.05, 3.63) is 29.5 Å². The fourth-order valence-electron chi connectivity index (χ4n) is 3.09. The molecule has 0 aromatic carbocycles. The van der Waals surface area contributed by atoms with Gasteiger partial charge in [-0.2, -0.15) is 5.10 Å². The van der Waals surface area contributed by atoms with Crippen molar-refractivity contribution in [1.82, 2.24) is 19.3 Å². The molecule has 1 aliphatic rings. The van der Waals surface area contributed by atoms with Gasteiger partial charge in [-0.3, -0.25) is 4.68 Å². The molecule has 0 amide bonds. The number of aromatic nitrogens is 4. The van der Waals surface area contributed by atoms with E-state index in [1.807, 2.05) is 17.9 Å². The number of aryl methyl sites for hydroxylation is 2. The molecule has 21 heavy (non-hydrogen) atoms. The minimum absolute atomic E-state index is 0.193. The van der Waals surface area contributed by atoms with Crippen molar-refractivity contribution < 1.29 is 0 Å². The van der Waals surface area contributed by atoms with Crippen molar-refractivity contribution in [2.75, 3.05) is 11.4 Å². The molecule has 1 atom stereocenters. The molecule has 6 heteroatoms. The highest BCUT2D eigenvalue weighted by Gasteiger charge is 2.24. The Morgan fingerprint density at radius 2 is 2.19 bits per heavy atom. The highest BCUT2D eigenvalue weighted by Crippen LogP contribution is 2.27. The maximum atomic E-state index is 6.17. The van der Waals surface area contributed by atoms with Gasteiger partial charge in [0.25, 0.3) is 0 Å². The van der Waals surface area contributed by atoms with Crippen molar-refractivity contribution in [1.29, 1.82) is 0 Å². The molecule has 0 saturated carbocycles. The summed E-state index contributed by atoms with van der Waals surface area (Å²) in [5.74, 6) is 2.32. The summed E-state index contributed by atoms with van der Waals surface area (Å²) in [6, 6.07) is 0.193. The van der Waals surface area contributed by atoms with Crippen LogP contribution in [0.4, 0.5) is 5.82 Å². The summed E-state index contributed by atoms with van der Waals surface area (Å²) >= 11 is 0. The summed E-state index contributed by atoms with van der Waals surface area (Å²) in [4.78, 5) is 6.82. The molecule has 1 aliphatic heterocycles. The largest absolute Gasteiger partial charge is 0.347 e. The standard InChI is InChI=1S/C15H24N6/c1-4-12(16)9-13-11(2)18-19(3)15(13)21-8-7-20-6-5-17-14(20)10-21/h5-6,12H,4,7-10,16H2,1-3H3. The zero-order valence-electron chi connectivity index (χ0n) is 13.1. The van der Waals surface area contributed by atoms with E-state index in [0.29, 0.717) is 0 Å². The first kappa shape index (κ1) is 14.1. The second kappa shape index (κ2) is 5.52. The lowest BCUT2D eigenvalue weighted by atomic mass is 10.0. The smallest absolute Gasteiger partial charge is 0.130 e. The zero-order valence-corrected chi connectivity index (χ0v) is 13.1. The van der Waals surface area contributed by atoms with Gasteiger partial charge in [-0.25, -0.2) is 4.98 Å². The number of rotatable bonds is 4. The predicted molar refractivity (Wildman–Crippen MR) is 83.2 cm³/mol. The lowest BCUT2D eigenvalue weighted by Gasteiger charge is -2.30. The molecular weight excluding hydrogens is 264 g/mol. The quantitative estimate of drug-likeness (QED) is 0.919. The summed E-state index contributed by atoms with van der Waals surface area (Å²) in [6.45, 7) is 7.00. The van der Waals surface area contributed by atoms with E-state index in [1.54, 1.807) is 0 Å². The van der Waals surface area contributed by atoms with Crippen molar-refractivity contribution in [2.45, 2.75) is 45.8 Å². The van der Waals surface area contributed by atoms with Crippen LogP contribution in [0.25, 0.3) is 0 Å². The Bertz CT molecular complexity index is 626. The first-order valence-corrected chi connectivity index (χ1v) is 7.63. The van der Waals surface area contributed by atoms with Crippen LogP contribution in [0.15, 0.2) is 12.4 Å². The van der Waals surface area contributed by atoms with Gasteiger partial charge in [0.2, 0.25) is 0 Å². The third-order valence-corrected chi connectivity index (χ3v) is 4.35. The Labute approximate surface area is 125 Å². The molecule has 2 N–H and O–H groups in total. The number of nitrogens with two attached hydrogens (primary N) is 1. The van der Waals surface area contributed by atoms with Crippen LogP contribution >= 0.6 is 0 Å². The van der Waals surface area contributed by atoms with E-state index >= 15 is 0 Å². The maximum Gasteiger partial charge on any atom is 0.130 e. The van der Waals surface area contributed by atoms with Crippen LogP contribution in [0.3, 0.4) is 0 Å². The van der Waals surface area contributed by atoms with E-state index in [2.05, 4.69) is 39.6 Å². The van der Waals surface area contributed by atoms with Gasteiger partial charge < -0.3 is 15.2 Å². The molecule has 114 valence electrons. The molecule has 0 bridgehead atoms. The van der Waals surface area contributed by atoms with E-state index in [0.717, 1.165) is 44.0 Å². The topological polar surface area (TPSA) is 64.9 Å². The first-order chi connectivity index (χ1) is 10.1. The van der Waals surface area contributed by atoms with Crippen molar-refractivity contribution >= 4 is 5.82 Å². The summed E-state index contributed by atoms with van der Waals surface area (Å²) in [7, 11) is 2.02. The normalized spacial score (nSPS) is 16.1. The lowest BCUT2D eigenvalue weighted by molar-refractivity contribution is 0.543. The molecule has 2 aromatic heterocycles. The van der Waals surface area contributed by atoms with Crippen LogP contribution in [-0.4, -0.2) is 31.9 Å². The summed E-state index contributed by atoms with van der Waals surface area (Å²) in [5, 5.41) is 4.61. The van der Waals surface area contributed by atoms with Gasteiger partial charge >= 0.3 is 0 Å². The monoisotopic (exact) mass is 288 g/mol. The fourth-order valence-corrected chi connectivity index (χ4v) is 3.09. The highest BCUT2D eigenvalue weighted by molar-refractivity contribution is 5.51. The fraction of sp³-hybridized carbons (Fsp3) is 0.600. The maximum absolute atomic E-state index is 6.17. The number of hydrogen-bond acceptors (Lipinski definition) is 4. The van der Waals surface area contributed by atoms with Crippen LogP contribution in [0, 0.1) is 6.92 Å². The summed E-state index contributed by atoms with van der Waals surface area (Å²) in [5.41, 5.74) is 8.54. The Hall–Kier alpha value is -1.82.